The lowest BCUT2D eigenvalue weighted by Crippen LogP contribution is -2.28. The van der Waals surface area contributed by atoms with E-state index in [0.29, 0.717) is 6.42 Å². The number of benzene rings is 1. The summed E-state index contributed by atoms with van der Waals surface area (Å²) in [6, 6.07) is 9.34. The summed E-state index contributed by atoms with van der Waals surface area (Å²) in [6.07, 6.45) is 1.56. The Hall–Kier alpha value is -0.800. The van der Waals surface area contributed by atoms with E-state index in [-0.39, 0.29) is 11.9 Å². The quantitative estimate of drug-likeness (QED) is 0.463. The summed E-state index contributed by atoms with van der Waals surface area (Å²) in [7, 11) is -3.45. The average molecular weight is 255 g/mol. The monoisotopic (exact) mass is 255 g/mol. The summed E-state index contributed by atoms with van der Waals surface area (Å²) in [6.45, 7) is 1.93. The van der Waals surface area contributed by atoms with Crippen LogP contribution in [0.15, 0.2) is 30.3 Å². The third-order valence-corrected chi connectivity index (χ3v) is 4.79. The molecule has 0 saturated carbocycles. The summed E-state index contributed by atoms with van der Waals surface area (Å²) in [5.41, 5.74) is 6.57. The molecule has 0 heterocycles. The van der Waals surface area contributed by atoms with Crippen LogP contribution in [0.5, 0.6) is 0 Å². The Labute approximate surface area is 102 Å². The van der Waals surface area contributed by atoms with Gasteiger partial charge in [0.25, 0.3) is 0 Å². The predicted molar refractivity (Wildman–Crippen MR) is 72.1 cm³/mol. The highest BCUT2D eigenvalue weighted by Gasteiger charge is 2.46. The number of nitrogens with one attached hydrogen (secondary N) is 1. The van der Waals surface area contributed by atoms with Crippen LogP contribution in [0.4, 0.5) is 0 Å². The molecule has 5 heteroatoms. The summed E-state index contributed by atoms with van der Waals surface area (Å²) >= 11 is 0. The highest BCUT2D eigenvalue weighted by Crippen LogP contribution is 2.55. The molecule has 5 N–H and O–H groups in total. The van der Waals surface area contributed by atoms with Crippen LogP contribution in [0.2, 0.25) is 0 Å². The van der Waals surface area contributed by atoms with Gasteiger partial charge in [0.15, 0.2) is 5.78 Å². The molecule has 0 aliphatic carbocycles. The first kappa shape index (κ1) is 14.3. The molecular formula is C12H20N2O2P+. The molecule has 1 rings (SSSR count). The van der Waals surface area contributed by atoms with Crippen LogP contribution < -0.4 is 5.73 Å². The van der Waals surface area contributed by atoms with E-state index in [9.17, 15) is 9.79 Å². The first-order chi connectivity index (χ1) is 7.98. The third-order valence-electron chi connectivity index (χ3n) is 2.66. The lowest BCUT2D eigenvalue weighted by Gasteiger charge is -2.19. The van der Waals surface area contributed by atoms with Gasteiger partial charge in [-0.3, -0.25) is 11.1 Å². The maximum absolute atomic E-state index is 9.96. The van der Waals surface area contributed by atoms with Gasteiger partial charge in [-0.1, -0.05) is 43.7 Å². The van der Waals surface area contributed by atoms with Crippen molar-refractivity contribution >= 4 is 13.2 Å². The van der Waals surface area contributed by atoms with Crippen molar-refractivity contribution in [3.05, 3.63) is 35.9 Å². The minimum Gasteiger partial charge on any atom is -0.292 e. The largest absolute Gasteiger partial charge is 0.331 e. The Bertz CT molecular complexity index is 368. The van der Waals surface area contributed by atoms with Gasteiger partial charge in [0.2, 0.25) is 5.45 Å². The summed E-state index contributed by atoms with van der Waals surface area (Å²) < 4.78 is 0. The fourth-order valence-corrected chi connectivity index (χ4v) is 3.02. The fraction of sp³-hybridized carbons (Fsp3) is 0.417. The molecule has 1 aromatic rings. The van der Waals surface area contributed by atoms with Crippen molar-refractivity contribution in [3.8, 4) is 0 Å². The van der Waals surface area contributed by atoms with Crippen molar-refractivity contribution in [1.82, 2.24) is 0 Å². The number of hydrogen-bond acceptors (Lipinski definition) is 4. The van der Waals surface area contributed by atoms with Crippen molar-refractivity contribution in [3.63, 3.8) is 0 Å². The molecular weight excluding hydrogens is 235 g/mol. The zero-order chi connectivity index (χ0) is 12.9. The topological polar surface area (TPSA) is 90.3 Å². The van der Waals surface area contributed by atoms with Gasteiger partial charge < -0.3 is 0 Å². The SMILES string of the molecule is CCCC(N)[P+](O)(O)C(=N)Cc1ccccc1. The molecule has 94 valence electrons. The van der Waals surface area contributed by atoms with Crippen molar-refractivity contribution < 1.29 is 9.79 Å². The Balaban J connectivity index is 2.69. The van der Waals surface area contributed by atoms with Crippen LogP contribution in [-0.4, -0.2) is 21.0 Å². The zero-order valence-corrected chi connectivity index (χ0v) is 10.9. The molecule has 1 atom stereocenters. The molecule has 0 amide bonds. The lowest BCUT2D eigenvalue weighted by molar-refractivity contribution is 0.443. The molecule has 1 unspecified atom stereocenters. The molecule has 17 heavy (non-hydrogen) atoms. The second kappa shape index (κ2) is 6.22. The Morgan fingerprint density at radius 3 is 2.47 bits per heavy atom. The number of hydrogen-bond donors (Lipinski definition) is 4. The van der Waals surface area contributed by atoms with Gasteiger partial charge in [0, 0.05) is 6.42 Å². The predicted octanol–water partition coefficient (Wildman–Crippen LogP) is 2.12. The molecule has 4 nitrogen and oxygen atoms in total. The van der Waals surface area contributed by atoms with Gasteiger partial charge in [-0.2, -0.15) is 0 Å². The highest BCUT2D eigenvalue weighted by molar-refractivity contribution is 7.82. The second-order valence-corrected chi connectivity index (χ2v) is 6.62. The van der Waals surface area contributed by atoms with Gasteiger partial charge in [-0.05, 0) is 5.56 Å². The van der Waals surface area contributed by atoms with Gasteiger partial charge in [-0.25, -0.2) is 9.79 Å². The van der Waals surface area contributed by atoms with E-state index in [2.05, 4.69) is 0 Å². The van der Waals surface area contributed by atoms with Crippen LogP contribution >= 0.6 is 7.72 Å². The van der Waals surface area contributed by atoms with Crippen molar-refractivity contribution in [2.24, 2.45) is 5.73 Å². The van der Waals surface area contributed by atoms with Crippen LogP contribution in [0.1, 0.15) is 25.3 Å². The second-order valence-electron chi connectivity index (χ2n) is 4.11. The smallest absolute Gasteiger partial charge is 0.292 e. The maximum atomic E-state index is 9.96. The van der Waals surface area contributed by atoms with E-state index in [4.69, 9.17) is 11.1 Å². The molecule has 0 saturated heterocycles. The van der Waals surface area contributed by atoms with Gasteiger partial charge >= 0.3 is 7.72 Å². The molecule has 0 aromatic heterocycles. The molecule has 0 aliphatic heterocycles. The normalized spacial score (nSPS) is 13.4. The van der Waals surface area contributed by atoms with Gasteiger partial charge in [-0.15, -0.1) is 0 Å². The minimum absolute atomic E-state index is 0.0512. The van der Waals surface area contributed by atoms with E-state index in [1.54, 1.807) is 0 Å². The fourth-order valence-electron chi connectivity index (χ4n) is 1.58. The van der Waals surface area contributed by atoms with Crippen LogP contribution in [0, 0.1) is 5.41 Å². The van der Waals surface area contributed by atoms with Crippen molar-refractivity contribution in [2.45, 2.75) is 32.0 Å². The van der Waals surface area contributed by atoms with E-state index in [1.807, 2.05) is 37.3 Å². The van der Waals surface area contributed by atoms with Gasteiger partial charge in [0.05, 0.1) is 6.42 Å². The summed E-state index contributed by atoms with van der Waals surface area (Å²) in [5, 5.41) is 7.81. The average Bonchev–Trinajstić information content (AvgIpc) is 2.30. The van der Waals surface area contributed by atoms with E-state index >= 15 is 0 Å². The van der Waals surface area contributed by atoms with Crippen LogP contribution in [-0.2, 0) is 6.42 Å². The zero-order valence-electron chi connectivity index (χ0n) is 10.0. The lowest BCUT2D eigenvalue weighted by atomic mass is 10.2. The third kappa shape index (κ3) is 3.86. The number of nitrogens with two attached hydrogens (primary N) is 1. The standard InChI is InChI=1S/C12H20N2O2P/c1-2-6-11(13)17(15,16)12(14)9-10-7-4-3-5-8-10/h3-5,7-8,11,14-16H,2,6,9,13H2,1H3/q+1. The first-order valence-corrected chi connectivity index (χ1v) is 7.46. The molecule has 0 bridgehead atoms. The summed E-state index contributed by atoms with van der Waals surface area (Å²) in [5.74, 6) is -0.705. The molecule has 0 aliphatic rings. The Morgan fingerprint density at radius 2 is 1.94 bits per heavy atom. The van der Waals surface area contributed by atoms with Crippen molar-refractivity contribution in [2.75, 3.05) is 0 Å². The van der Waals surface area contributed by atoms with Crippen molar-refractivity contribution in [1.29, 1.82) is 5.41 Å². The molecule has 0 radical (unpaired) electrons. The van der Waals surface area contributed by atoms with E-state index in [0.717, 1.165) is 12.0 Å². The highest BCUT2D eigenvalue weighted by atomic mass is 31.2. The Kier molecular flexibility index (Phi) is 5.22. The van der Waals surface area contributed by atoms with Crippen LogP contribution in [0.25, 0.3) is 0 Å². The first-order valence-electron chi connectivity index (χ1n) is 5.70. The Morgan fingerprint density at radius 1 is 1.35 bits per heavy atom. The van der Waals surface area contributed by atoms with E-state index in [1.165, 1.54) is 0 Å². The van der Waals surface area contributed by atoms with E-state index < -0.39 is 13.5 Å². The number of rotatable bonds is 6. The van der Waals surface area contributed by atoms with Crippen LogP contribution in [0.3, 0.4) is 0 Å². The molecule has 0 spiro atoms. The minimum atomic E-state index is -3.45. The molecule has 1 aromatic carbocycles. The summed E-state index contributed by atoms with van der Waals surface area (Å²) in [4.78, 5) is 19.9. The maximum Gasteiger partial charge on any atom is 0.331 e. The van der Waals surface area contributed by atoms with Gasteiger partial charge in [0.1, 0.15) is 0 Å². The molecule has 0 fully saturated rings.